The minimum atomic E-state index is 0.118. The summed E-state index contributed by atoms with van der Waals surface area (Å²) in [5.41, 5.74) is 8.12. The third kappa shape index (κ3) is 5.69. The van der Waals surface area contributed by atoms with Crippen LogP contribution in [0.3, 0.4) is 0 Å². The predicted molar refractivity (Wildman–Crippen MR) is 118 cm³/mol. The van der Waals surface area contributed by atoms with Gasteiger partial charge in [0.15, 0.2) is 5.75 Å². The quantitative estimate of drug-likeness (QED) is 0.394. The number of ether oxygens (including phenoxy) is 3. The lowest BCUT2D eigenvalue weighted by Crippen LogP contribution is -2.31. The largest absolute Gasteiger partial charge is 0.488 e. The molecule has 0 aliphatic heterocycles. The predicted octanol–water partition coefficient (Wildman–Crippen LogP) is 3.22. The van der Waals surface area contributed by atoms with E-state index >= 15 is 0 Å². The standard InChI is InChI=1S/C22H28N6O3/c1-2-29-9-10-30-18-13-26-22(27-14-18)28-16-3-5-17(6-4-16)31-20-12-15(23)11-19-21(20)25-8-7-24-19/h7-8,11-14,16-17H,2-6,9-10,23H2,1H3,(H,26,27,28). The molecule has 0 bridgehead atoms. The fourth-order valence-electron chi connectivity index (χ4n) is 3.67. The van der Waals surface area contributed by atoms with E-state index in [1.165, 1.54) is 0 Å². The molecular weight excluding hydrogens is 396 g/mol. The normalized spacial score (nSPS) is 18.6. The molecule has 2 heterocycles. The highest BCUT2D eigenvalue weighted by atomic mass is 16.5. The average molecular weight is 425 g/mol. The Morgan fingerprint density at radius 2 is 1.77 bits per heavy atom. The molecule has 0 radical (unpaired) electrons. The Bertz CT molecular complexity index is 977. The van der Waals surface area contributed by atoms with Crippen molar-refractivity contribution in [3.05, 3.63) is 36.9 Å². The van der Waals surface area contributed by atoms with Gasteiger partial charge in [-0.1, -0.05) is 0 Å². The Kier molecular flexibility index (Phi) is 6.93. The Morgan fingerprint density at radius 3 is 2.55 bits per heavy atom. The summed E-state index contributed by atoms with van der Waals surface area (Å²) in [6, 6.07) is 3.94. The number of benzene rings is 1. The highest BCUT2D eigenvalue weighted by Gasteiger charge is 2.24. The molecule has 9 nitrogen and oxygen atoms in total. The molecule has 31 heavy (non-hydrogen) atoms. The fraction of sp³-hybridized carbons (Fsp3) is 0.455. The third-order valence-electron chi connectivity index (χ3n) is 5.19. The van der Waals surface area contributed by atoms with E-state index in [1.54, 1.807) is 24.8 Å². The summed E-state index contributed by atoms with van der Waals surface area (Å²) in [7, 11) is 0. The van der Waals surface area contributed by atoms with Crippen LogP contribution in [0.4, 0.5) is 11.6 Å². The molecule has 3 aromatic rings. The number of anilines is 2. The Hall–Kier alpha value is -3.20. The lowest BCUT2D eigenvalue weighted by atomic mass is 9.93. The van der Waals surface area contributed by atoms with Gasteiger partial charge in [0.05, 0.1) is 30.6 Å². The number of hydrogen-bond acceptors (Lipinski definition) is 9. The number of nitrogens with one attached hydrogen (secondary N) is 1. The van der Waals surface area contributed by atoms with E-state index in [1.807, 2.05) is 19.1 Å². The minimum Gasteiger partial charge on any atom is -0.488 e. The highest BCUT2D eigenvalue weighted by Crippen LogP contribution is 2.30. The molecule has 1 fully saturated rings. The van der Waals surface area contributed by atoms with Crippen LogP contribution in [0.1, 0.15) is 32.6 Å². The number of aromatic nitrogens is 4. The van der Waals surface area contributed by atoms with Crippen molar-refractivity contribution in [1.82, 2.24) is 19.9 Å². The van der Waals surface area contributed by atoms with E-state index in [9.17, 15) is 0 Å². The molecule has 0 saturated heterocycles. The first kappa shape index (κ1) is 21.0. The summed E-state index contributed by atoms with van der Waals surface area (Å²) in [6.07, 6.45) is 10.6. The first-order valence-corrected chi connectivity index (χ1v) is 10.7. The third-order valence-corrected chi connectivity index (χ3v) is 5.19. The zero-order valence-electron chi connectivity index (χ0n) is 17.7. The second-order valence-electron chi connectivity index (χ2n) is 7.47. The van der Waals surface area contributed by atoms with Crippen LogP contribution < -0.4 is 20.5 Å². The van der Waals surface area contributed by atoms with Gasteiger partial charge in [-0.05, 0) is 38.7 Å². The van der Waals surface area contributed by atoms with Crippen LogP contribution in [0.2, 0.25) is 0 Å². The molecule has 9 heteroatoms. The number of nitrogens with two attached hydrogens (primary N) is 1. The van der Waals surface area contributed by atoms with Crippen LogP contribution >= 0.6 is 0 Å². The second kappa shape index (κ2) is 10.2. The van der Waals surface area contributed by atoms with Crippen molar-refractivity contribution in [2.45, 2.75) is 44.8 Å². The SMILES string of the molecule is CCOCCOc1cnc(NC2CCC(Oc3cc(N)cc4nccnc34)CC2)nc1. The average Bonchev–Trinajstić information content (AvgIpc) is 2.79. The molecule has 1 aliphatic carbocycles. The molecule has 0 unspecified atom stereocenters. The zero-order chi connectivity index (χ0) is 21.5. The van der Waals surface area contributed by atoms with E-state index in [2.05, 4.69) is 25.3 Å². The van der Waals surface area contributed by atoms with Gasteiger partial charge in [0.2, 0.25) is 5.95 Å². The molecular formula is C22H28N6O3. The highest BCUT2D eigenvalue weighted by molar-refractivity contribution is 5.84. The molecule has 0 atom stereocenters. The van der Waals surface area contributed by atoms with Gasteiger partial charge in [0, 0.05) is 36.8 Å². The minimum absolute atomic E-state index is 0.118. The topological polar surface area (TPSA) is 117 Å². The number of hydrogen-bond donors (Lipinski definition) is 2. The van der Waals surface area contributed by atoms with Crippen LogP contribution in [0.25, 0.3) is 11.0 Å². The van der Waals surface area contributed by atoms with Gasteiger partial charge in [-0.25, -0.2) is 15.0 Å². The van der Waals surface area contributed by atoms with Crippen molar-refractivity contribution >= 4 is 22.7 Å². The van der Waals surface area contributed by atoms with Crippen LogP contribution in [0.15, 0.2) is 36.9 Å². The summed E-state index contributed by atoms with van der Waals surface area (Å²) in [4.78, 5) is 17.4. The van der Waals surface area contributed by atoms with Gasteiger partial charge in [0.1, 0.15) is 17.9 Å². The van der Waals surface area contributed by atoms with Crippen molar-refractivity contribution in [1.29, 1.82) is 0 Å². The fourth-order valence-corrected chi connectivity index (χ4v) is 3.67. The van der Waals surface area contributed by atoms with E-state index in [4.69, 9.17) is 19.9 Å². The van der Waals surface area contributed by atoms with Crippen molar-refractivity contribution < 1.29 is 14.2 Å². The first-order valence-electron chi connectivity index (χ1n) is 10.7. The molecule has 1 aliphatic rings. The van der Waals surface area contributed by atoms with Crippen molar-refractivity contribution in [3.8, 4) is 11.5 Å². The van der Waals surface area contributed by atoms with E-state index < -0.39 is 0 Å². The molecule has 0 spiro atoms. The summed E-state index contributed by atoms with van der Waals surface area (Å²) < 4.78 is 17.1. The van der Waals surface area contributed by atoms with Crippen LogP contribution in [-0.2, 0) is 4.74 Å². The van der Waals surface area contributed by atoms with Crippen LogP contribution in [0, 0.1) is 0 Å². The second-order valence-corrected chi connectivity index (χ2v) is 7.47. The van der Waals surface area contributed by atoms with Gasteiger partial charge < -0.3 is 25.3 Å². The summed E-state index contributed by atoms with van der Waals surface area (Å²) in [5, 5.41) is 3.41. The number of rotatable bonds is 9. The molecule has 4 rings (SSSR count). The Labute approximate surface area is 181 Å². The van der Waals surface area contributed by atoms with Crippen molar-refractivity contribution in [3.63, 3.8) is 0 Å². The lowest BCUT2D eigenvalue weighted by Gasteiger charge is -2.29. The first-order chi connectivity index (χ1) is 15.2. The van der Waals surface area contributed by atoms with Gasteiger partial charge >= 0.3 is 0 Å². The van der Waals surface area contributed by atoms with E-state index in [0.29, 0.717) is 49.0 Å². The lowest BCUT2D eigenvalue weighted by molar-refractivity contribution is 0.110. The van der Waals surface area contributed by atoms with Gasteiger partial charge in [-0.2, -0.15) is 0 Å². The summed E-state index contributed by atoms with van der Waals surface area (Å²) in [6.45, 7) is 3.68. The van der Waals surface area contributed by atoms with Crippen LogP contribution in [-0.4, -0.2) is 51.9 Å². The van der Waals surface area contributed by atoms with Gasteiger partial charge in [-0.3, -0.25) is 4.98 Å². The van der Waals surface area contributed by atoms with E-state index in [-0.39, 0.29) is 6.10 Å². The number of nitrogen functional groups attached to an aromatic ring is 1. The smallest absolute Gasteiger partial charge is 0.223 e. The van der Waals surface area contributed by atoms with Gasteiger partial charge in [0.25, 0.3) is 0 Å². The number of nitrogens with zero attached hydrogens (tertiary/aromatic N) is 4. The number of fused-ring (bicyclic) bond motifs is 1. The summed E-state index contributed by atoms with van der Waals surface area (Å²) in [5.74, 6) is 1.95. The molecule has 164 valence electrons. The summed E-state index contributed by atoms with van der Waals surface area (Å²) >= 11 is 0. The molecule has 0 amide bonds. The molecule has 1 aromatic carbocycles. The monoisotopic (exact) mass is 424 g/mol. The molecule has 1 saturated carbocycles. The maximum absolute atomic E-state index is 6.25. The Morgan fingerprint density at radius 1 is 1.00 bits per heavy atom. The van der Waals surface area contributed by atoms with Crippen LogP contribution in [0.5, 0.6) is 11.5 Å². The van der Waals surface area contributed by atoms with E-state index in [0.717, 1.165) is 36.7 Å². The maximum atomic E-state index is 6.25. The van der Waals surface area contributed by atoms with Crippen molar-refractivity contribution in [2.24, 2.45) is 0 Å². The molecule has 3 N–H and O–H groups in total. The Balaban J connectivity index is 1.27. The van der Waals surface area contributed by atoms with Gasteiger partial charge in [-0.15, -0.1) is 0 Å². The van der Waals surface area contributed by atoms with Crippen molar-refractivity contribution in [2.75, 3.05) is 30.9 Å². The maximum Gasteiger partial charge on any atom is 0.223 e. The zero-order valence-corrected chi connectivity index (χ0v) is 17.7. The molecule has 2 aromatic heterocycles.